The van der Waals surface area contributed by atoms with E-state index in [1.807, 2.05) is 0 Å². The molecule has 2 fully saturated rings. The Morgan fingerprint density at radius 3 is 2.85 bits per heavy atom. The minimum atomic E-state index is -3.96. The van der Waals surface area contributed by atoms with E-state index >= 15 is 0 Å². The number of aryl methyl sites for hydroxylation is 1. The summed E-state index contributed by atoms with van der Waals surface area (Å²) >= 11 is 0. The number of sulfonamides is 1. The smallest absolute Gasteiger partial charge is 0.248 e. The van der Waals surface area contributed by atoms with Gasteiger partial charge in [-0.1, -0.05) is 23.4 Å². The SMILES string of the molecule is Cc1noc(C=Cc2ccccc2F)c1S(=O)(=O)N1CCCC(C(=O)NCC2CCCO2)C1. The van der Waals surface area contributed by atoms with Crippen LogP contribution in [0.2, 0.25) is 0 Å². The molecule has 0 saturated carbocycles. The summed E-state index contributed by atoms with van der Waals surface area (Å²) < 4.78 is 53.0. The Hall–Kier alpha value is -2.56. The summed E-state index contributed by atoms with van der Waals surface area (Å²) in [6.07, 6.45) is 5.98. The monoisotopic (exact) mass is 477 g/mol. The van der Waals surface area contributed by atoms with Crippen LogP contribution in [0.1, 0.15) is 42.7 Å². The van der Waals surface area contributed by atoms with Crippen molar-refractivity contribution >= 4 is 28.1 Å². The molecule has 0 aliphatic carbocycles. The first-order valence-corrected chi connectivity index (χ1v) is 12.6. The number of carbonyl (C=O) groups is 1. The van der Waals surface area contributed by atoms with Crippen molar-refractivity contribution < 1.29 is 26.9 Å². The average molecular weight is 478 g/mol. The number of hydrogen-bond acceptors (Lipinski definition) is 6. The van der Waals surface area contributed by atoms with E-state index in [-0.39, 0.29) is 34.9 Å². The van der Waals surface area contributed by atoms with Crippen LogP contribution in [-0.2, 0) is 19.6 Å². The number of amides is 1. The number of carbonyl (C=O) groups excluding carboxylic acids is 1. The third kappa shape index (κ3) is 5.34. The summed E-state index contributed by atoms with van der Waals surface area (Å²) in [5.41, 5.74) is 0.518. The molecule has 0 radical (unpaired) electrons. The van der Waals surface area contributed by atoms with Crippen LogP contribution in [0.4, 0.5) is 4.39 Å². The molecule has 10 heteroatoms. The first kappa shape index (κ1) is 23.6. The number of nitrogens with one attached hydrogen (secondary N) is 1. The first-order chi connectivity index (χ1) is 15.9. The Kier molecular flexibility index (Phi) is 7.26. The number of piperidine rings is 1. The second kappa shape index (κ2) is 10.1. The van der Waals surface area contributed by atoms with Gasteiger partial charge in [0.1, 0.15) is 11.5 Å². The van der Waals surface area contributed by atoms with E-state index < -0.39 is 21.8 Å². The number of nitrogens with zero attached hydrogens (tertiary/aromatic N) is 2. The topological polar surface area (TPSA) is 102 Å². The molecule has 2 aromatic rings. The van der Waals surface area contributed by atoms with Crippen LogP contribution >= 0.6 is 0 Å². The van der Waals surface area contributed by atoms with Gasteiger partial charge in [0.15, 0.2) is 10.7 Å². The van der Waals surface area contributed by atoms with Gasteiger partial charge >= 0.3 is 0 Å². The van der Waals surface area contributed by atoms with E-state index in [0.29, 0.717) is 38.1 Å². The highest BCUT2D eigenvalue weighted by atomic mass is 32.2. The third-order valence-electron chi connectivity index (χ3n) is 6.03. The van der Waals surface area contributed by atoms with Crippen molar-refractivity contribution in [3.05, 3.63) is 47.1 Å². The Labute approximate surface area is 192 Å². The lowest BCUT2D eigenvalue weighted by Crippen LogP contribution is -2.46. The Morgan fingerprint density at radius 2 is 2.09 bits per heavy atom. The highest BCUT2D eigenvalue weighted by molar-refractivity contribution is 7.89. The zero-order valence-corrected chi connectivity index (χ0v) is 19.3. The van der Waals surface area contributed by atoms with E-state index in [9.17, 15) is 17.6 Å². The maximum absolute atomic E-state index is 13.9. The molecule has 2 aliphatic heterocycles. The molecule has 1 amide bonds. The van der Waals surface area contributed by atoms with Crippen LogP contribution in [-0.4, -0.2) is 56.1 Å². The van der Waals surface area contributed by atoms with Gasteiger partial charge in [0.05, 0.1) is 12.0 Å². The second-order valence-electron chi connectivity index (χ2n) is 8.40. The molecule has 2 saturated heterocycles. The van der Waals surface area contributed by atoms with Gasteiger partial charge in [0.2, 0.25) is 15.9 Å². The highest BCUT2D eigenvalue weighted by Gasteiger charge is 2.37. The van der Waals surface area contributed by atoms with Crippen molar-refractivity contribution in [2.75, 3.05) is 26.2 Å². The number of rotatable bonds is 7. The Morgan fingerprint density at radius 1 is 1.27 bits per heavy atom. The molecule has 2 atom stereocenters. The zero-order valence-electron chi connectivity index (χ0n) is 18.5. The fraction of sp³-hybridized carbons (Fsp3) is 0.478. The van der Waals surface area contributed by atoms with Crippen molar-refractivity contribution in [3.63, 3.8) is 0 Å². The minimum Gasteiger partial charge on any atom is -0.376 e. The zero-order chi connectivity index (χ0) is 23.4. The van der Waals surface area contributed by atoms with Crippen LogP contribution in [0, 0.1) is 18.7 Å². The lowest BCUT2D eigenvalue weighted by molar-refractivity contribution is -0.126. The highest BCUT2D eigenvalue weighted by Crippen LogP contribution is 2.29. The lowest BCUT2D eigenvalue weighted by Gasteiger charge is -2.31. The Balaban J connectivity index is 1.49. The number of ether oxygens (including phenoxy) is 1. The number of benzene rings is 1. The summed E-state index contributed by atoms with van der Waals surface area (Å²) in [5.74, 6) is -0.998. The first-order valence-electron chi connectivity index (χ1n) is 11.1. The molecule has 0 spiro atoms. The van der Waals surface area contributed by atoms with Crippen LogP contribution in [0.15, 0.2) is 33.7 Å². The van der Waals surface area contributed by atoms with Crippen molar-refractivity contribution in [2.45, 2.75) is 43.6 Å². The fourth-order valence-corrected chi connectivity index (χ4v) is 6.02. The maximum atomic E-state index is 13.9. The van der Waals surface area contributed by atoms with Crippen LogP contribution in [0.3, 0.4) is 0 Å². The van der Waals surface area contributed by atoms with Gasteiger partial charge in [-0.25, -0.2) is 12.8 Å². The number of halogens is 1. The van der Waals surface area contributed by atoms with Gasteiger partial charge in [0.25, 0.3) is 0 Å². The molecule has 3 heterocycles. The number of aromatic nitrogens is 1. The number of hydrogen-bond donors (Lipinski definition) is 1. The van der Waals surface area contributed by atoms with Crippen molar-refractivity contribution in [1.82, 2.24) is 14.8 Å². The lowest BCUT2D eigenvalue weighted by atomic mass is 9.99. The molecule has 178 valence electrons. The molecule has 1 N–H and O–H groups in total. The summed E-state index contributed by atoms with van der Waals surface area (Å²) in [5, 5.41) is 6.73. The standard InChI is InChI=1S/C23H28FN3O5S/c1-16-22(21(32-26-16)11-10-17-6-2-3-9-20(17)24)33(29,30)27-12-4-7-18(15-27)23(28)25-14-19-8-5-13-31-19/h2-3,6,9-11,18-19H,4-5,7-8,12-15H2,1H3,(H,25,28). The van der Waals surface area contributed by atoms with E-state index in [0.717, 1.165) is 12.8 Å². The molecule has 2 aliphatic rings. The Bertz CT molecular complexity index is 1120. The van der Waals surface area contributed by atoms with Gasteiger partial charge in [0, 0.05) is 31.8 Å². The second-order valence-corrected chi connectivity index (χ2v) is 10.3. The predicted octanol–water partition coefficient (Wildman–Crippen LogP) is 2.99. The van der Waals surface area contributed by atoms with E-state index in [1.54, 1.807) is 25.1 Å². The maximum Gasteiger partial charge on any atom is 0.248 e. The van der Waals surface area contributed by atoms with Gasteiger partial charge < -0.3 is 14.6 Å². The normalized spacial score (nSPS) is 22.1. The van der Waals surface area contributed by atoms with Crippen LogP contribution < -0.4 is 5.32 Å². The van der Waals surface area contributed by atoms with E-state index in [4.69, 9.17) is 9.26 Å². The fourth-order valence-electron chi connectivity index (χ4n) is 4.24. The quantitative estimate of drug-likeness (QED) is 0.658. The predicted molar refractivity (Wildman–Crippen MR) is 120 cm³/mol. The molecule has 1 aromatic heterocycles. The average Bonchev–Trinajstić information content (AvgIpc) is 3.47. The van der Waals surface area contributed by atoms with Crippen molar-refractivity contribution in [2.24, 2.45) is 5.92 Å². The van der Waals surface area contributed by atoms with Gasteiger partial charge in [-0.2, -0.15) is 4.31 Å². The molecule has 4 rings (SSSR count). The third-order valence-corrected chi connectivity index (χ3v) is 8.06. The molecule has 2 unspecified atom stereocenters. The van der Waals surface area contributed by atoms with Crippen LogP contribution in [0.25, 0.3) is 12.2 Å². The molecule has 33 heavy (non-hydrogen) atoms. The van der Waals surface area contributed by atoms with E-state index in [1.165, 1.54) is 22.5 Å². The van der Waals surface area contributed by atoms with E-state index in [2.05, 4.69) is 10.5 Å². The summed E-state index contributed by atoms with van der Waals surface area (Å²) in [6.45, 7) is 3.09. The van der Waals surface area contributed by atoms with Gasteiger partial charge in [-0.15, -0.1) is 0 Å². The van der Waals surface area contributed by atoms with Crippen molar-refractivity contribution in [1.29, 1.82) is 0 Å². The van der Waals surface area contributed by atoms with Crippen LogP contribution in [0.5, 0.6) is 0 Å². The summed E-state index contributed by atoms with van der Waals surface area (Å²) in [6, 6.07) is 6.16. The van der Waals surface area contributed by atoms with Crippen molar-refractivity contribution in [3.8, 4) is 0 Å². The molecule has 8 nitrogen and oxygen atoms in total. The van der Waals surface area contributed by atoms with Gasteiger partial charge in [-0.3, -0.25) is 4.79 Å². The largest absolute Gasteiger partial charge is 0.376 e. The molecule has 1 aromatic carbocycles. The molecule has 0 bridgehead atoms. The van der Waals surface area contributed by atoms with Gasteiger partial charge in [-0.05, 0) is 50.8 Å². The minimum absolute atomic E-state index is 0.0284. The summed E-state index contributed by atoms with van der Waals surface area (Å²) in [7, 11) is -3.96. The summed E-state index contributed by atoms with van der Waals surface area (Å²) in [4.78, 5) is 12.6. The molecular weight excluding hydrogens is 449 g/mol. The molecular formula is C23H28FN3O5S.